The maximum Gasteiger partial charge on any atom is 0.328 e. The summed E-state index contributed by atoms with van der Waals surface area (Å²) < 4.78 is 27.6. The second-order valence-electron chi connectivity index (χ2n) is 5.72. The van der Waals surface area contributed by atoms with Crippen LogP contribution in [0.2, 0.25) is 0 Å². The van der Waals surface area contributed by atoms with Gasteiger partial charge in [0.2, 0.25) is 5.91 Å². The predicted molar refractivity (Wildman–Crippen MR) is 74.8 cm³/mol. The summed E-state index contributed by atoms with van der Waals surface area (Å²) >= 11 is 0. The van der Waals surface area contributed by atoms with Crippen LogP contribution in [0, 0.1) is 11.8 Å². The van der Waals surface area contributed by atoms with E-state index in [2.05, 4.69) is 0 Å². The number of sulfone groups is 1. The van der Waals surface area contributed by atoms with Crippen molar-refractivity contribution in [2.75, 3.05) is 25.7 Å². The third kappa shape index (κ3) is 4.19. The van der Waals surface area contributed by atoms with Crippen LogP contribution in [-0.4, -0.2) is 56.9 Å². The molecule has 1 rings (SSSR count). The Hall–Kier alpha value is -1.11. The molecular formula is C13H23NO5S. The quantitative estimate of drug-likeness (QED) is 0.690. The van der Waals surface area contributed by atoms with Gasteiger partial charge in [-0.25, -0.2) is 13.2 Å². The third-order valence-corrected chi connectivity index (χ3v) is 5.33. The van der Waals surface area contributed by atoms with Crippen molar-refractivity contribution in [3.05, 3.63) is 0 Å². The van der Waals surface area contributed by atoms with Crippen LogP contribution < -0.4 is 0 Å². The van der Waals surface area contributed by atoms with Crippen LogP contribution in [0.15, 0.2) is 0 Å². The number of ether oxygens (including phenoxy) is 1. The molecule has 0 spiro atoms. The first-order valence-electron chi connectivity index (χ1n) is 6.73. The molecule has 0 bridgehead atoms. The highest BCUT2D eigenvalue weighted by Crippen LogP contribution is 2.22. The molecule has 0 radical (unpaired) electrons. The van der Waals surface area contributed by atoms with Crippen molar-refractivity contribution < 1.29 is 22.7 Å². The molecule has 7 heteroatoms. The van der Waals surface area contributed by atoms with Gasteiger partial charge in [0.1, 0.15) is 6.04 Å². The van der Waals surface area contributed by atoms with Crippen LogP contribution in [0.5, 0.6) is 0 Å². The Balaban J connectivity index is 2.81. The minimum Gasteiger partial charge on any atom is -0.467 e. The second kappa shape index (κ2) is 6.56. The molecule has 0 saturated carbocycles. The third-order valence-electron chi connectivity index (χ3n) is 3.56. The van der Waals surface area contributed by atoms with Gasteiger partial charge in [-0.1, -0.05) is 13.8 Å². The van der Waals surface area contributed by atoms with E-state index in [1.165, 1.54) is 19.1 Å². The lowest BCUT2D eigenvalue weighted by Gasteiger charge is -2.29. The zero-order chi connectivity index (χ0) is 15.5. The normalized spacial score (nSPS) is 22.6. The van der Waals surface area contributed by atoms with E-state index in [-0.39, 0.29) is 23.3 Å². The van der Waals surface area contributed by atoms with Crippen molar-refractivity contribution in [2.45, 2.75) is 32.7 Å². The van der Waals surface area contributed by atoms with Crippen LogP contribution >= 0.6 is 0 Å². The minimum absolute atomic E-state index is 0.0460. The first-order valence-corrected chi connectivity index (χ1v) is 8.55. The highest BCUT2D eigenvalue weighted by molar-refractivity contribution is 7.91. The molecule has 1 fully saturated rings. The van der Waals surface area contributed by atoms with Crippen LogP contribution in [0.4, 0.5) is 0 Å². The molecule has 1 heterocycles. The lowest BCUT2D eigenvalue weighted by atomic mass is 10.0. The molecular weight excluding hydrogens is 282 g/mol. The van der Waals surface area contributed by atoms with E-state index in [1.807, 2.05) is 13.8 Å². The molecule has 2 unspecified atom stereocenters. The van der Waals surface area contributed by atoms with Gasteiger partial charge in [0, 0.05) is 7.05 Å². The monoisotopic (exact) mass is 305 g/mol. The molecule has 0 aromatic heterocycles. The van der Waals surface area contributed by atoms with Gasteiger partial charge in [-0.3, -0.25) is 4.79 Å². The Bertz CT molecular complexity index is 471. The van der Waals surface area contributed by atoms with Gasteiger partial charge in [-0.05, 0) is 18.8 Å². The number of rotatable bonds is 5. The largest absolute Gasteiger partial charge is 0.467 e. The summed E-state index contributed by atoms with van der Waals surface area (Å²) in [7, 11) is -0.288. The Kier molecular flexibility index (Phi) is 5.56. The molecule has 1 amide bonds. The summed E-state index contributed by atoms with van der Waals surface area (Å²) in [5.41, 5.74) is 0. The van der Waals surface area contributed by atoms with Gasteiger partial charge in [0.15, 0.2) is 9.84 Å². The van der Waals surface area contributed by atoms with Gasteiger partial charge < -0.3 is 9.64 Å². The van der Waals surface area contributed by atoms with E-state index < -0.39 is 27.8 Å². The molecule has 6 nitrogen and oxygen atoms in total. The maximum absolute atomic E-state index is 12.3. The zero-order valence-electron chi connectivity index (χ0n) is 12.5. The molecule has 1 aliphatic rings. The van der Waals surface area contributed by atoms with E-state index in [9.17, 15) is 18.0 Å². The summed E-state index contributed by atoms with van der Waals surface area (Å²) in [4.78, 5) is 25.5. The lowest BCUT2D eigenvalue weighted by Crippen LogP contribution is -2.46. The number of methoxy groups -OCH3 is 1. The number of carbonyl (C=O) groups is 2. The molecule has 20 heavy (non-hydrogen) atoms. The van der Waals surface area contributed by atoms with Gasteiger partial charge in [-0.15, -0.1) is 0 Å². The van der Waals surface area contributed by atoms with Crippen molar-refractivity contribution in [2.24, 2.45) is 11.8 Å². The first kappa shape index (κ1) is 16.9. The van der Waals surface area contributed by atoms with E-state index in [1.54, 1.807) is 0 Å². The number of carbonyl (C=O) groups excluding carboxylic acids is 2. The summed E-state index contributed by atoms with van der Waals surface area (Å²) in [5.74, 6) is -1.14. The van der Waals surface area contributed by atoms with Crippen molar-refractivity contribution >= 4 is 21.7 Å². The van der Waals surface area contributed by atoms with Crippen molar-refractivity contribution in [3.63, 3.8) is 0 Å². The van der Waals surface area contributed by atoms with Gasteiger partial charge in [0.05, 0.1) is 24.5 Å². The Morgan fingerprint density at radius 2 is 1.95 bits per heavy atom. The predicted octanol–water partition coefficient (Wildman–Crippen LogP) is 0.467. The van der Waals surface area contributed by atoms with Crippen molar-refractivity contribution in [3.8, 4) is 0 Å². The average molecular weight is 305 g/mol. The van der Waals surface area contributed by atoms with Crippen LogP contribution in [0.25, 0.3) is 0 Å². The summed E-state index contributed by atoms with van der Waals surface area (Å²) in [6.45, 7) is 3.91. The minimum atomic E-state index is -3.11. The topological polar surface area (TPSA) is 80.8 Å². The number of nitrogens with zero attached hydrogens (tertiary/aromatic N) is 1. The molecule has 2 atom stereocenters. The van der Waals surface area contributed by atoms with Crippen molar-refractivity contribution in [1.29, 1.82) is 0 Å². The van der Waals surface area contributed by atoms with Crippen LogP contribution in [0.1, 0.15) is 26.7 Å². The lowest BCUT2D eigenvalue weighted by molar-refractivity contribution is -0.153. The summed E-state index contributed by atoms with van der Waals surface area (Å²) in [6.07, 6.45) is 0.829. The molecule has 116 valence electrons. The van der Waals surface area contributed by atoms with E-state index in [0.717, 1.165) is 0 Å². The second-order valence-corrected chi connectivity index (χ2v) is 7.95. The smallest absolute Gasteiger partial charge is 0.328 e. The zero-order valence-corrected chi connectivity index (χ0v) is 13.3. The molecule has 0 N–H and O–H groups in total. The Morgan fingerprint density at radius 3 is 2.35 bits per heavy atom. The molecule has 0 aliphatic carbocycles. The highest BCUT2D eigenvalue weighted by Gasteiger charge is 2.38. The first-order chi connectivity index (χ1) is 9.18. The maximum atomic E-state index is 12.3. The van der Waals surface area contributed by atoms with Crippen molar-refractivity contribution in [1.82, 2.24) is 4.90 Å². The van der Waals surface area contributed by atoms with Crippen LogP contribution in [-0.2, 0) is 24.2 Å². The standard InChI is InChI=1S/C13H23NO5S/c1-9(2)7-11(13(16)19-4)14(3)12(15)10-5-6-20(17,18)8-10/h9-11H,5-8H2,1-4H3. The Morgan fingerprint density at radius 1 is 1.35 bits per heavy atom. The molecule has 0 aromatic carbocycles. The van der Waals surface area contributed by atoms with Crippen LogP contribution in [0.3, 0.4) is 0 Å². The summed E-state index contributed by atoms with van der Waals surface area (Å²) in [5, 5.41) is 0. The van der Waals surface area contributed by atoms with E-state index in [4.69, 9.17) is 4.74 Å². The fraction of sp³-hybridized carbons (Fsp3) is 0.846. The summed E-state index contributed by atoms with van der Waals surface area (Å²) in [6, 6.07) is -0.657. The SMILES string of the molecule is COC(=O)C(CC(C)C)N(C)C(=O)C1CCS(=O)(=O)C1. The number of hydrogen-bond donors (Lipinski definition) is 0. The van der Waals surface area contributed by atoms with Gasteiger partial charge >= 0.3 is 5.97 Å². The molecule has 1 aliphatic heterocycles. The van der Waals surface area contributed by atoms with Gasteiger partial charge in [-0.2, -0.15) is 0 Å². The molecule has 1 saturated heterocycles. The fourth-order valence-corrected chi connectivity index (χ4v) is 4.16. The fourth-order valence-electron chi connectivity index (χ4n) is 2.43. The average Bonchev–Trinajstić information content (AvgIpc) is 2.73. The highest BCUT2D eigenvalue weighted by atomic mass is 32.2. The van der Waals surface area contributed by atoms with E-state index in [0.29, 0.717) is 12.8 Å². The molecule has 0 aromatic rings. The van der Waals surface area contributed by atoms with E-state index >= 15 is 0 Å². The number of amides is 1. The Labute approximate surface area is 120 Å². The number of likely N-dealkylation sites (N-methyl/N-ethyl adjacent to an activating group) is 1. The number of hydrogen-bond acceptors (Lipinski definition) is 5. The number of esters is 1. The van der Waals surface area contributed by atoms with Gasteiger partial charge in [0.25, 0.3) is 0 Å².